The van der Waals surface area contributed by atoms with Gasteiger partial charge >= 0.3 is 0 Å². The van der Waals surface area contributed by atoms with Crippen LogP contribution in [0, 0.1) is 0 Å². The summed E-state index contributed by atoms with van der Waals surface area (Å²) in [6.45, 7) is 6.30. The van der Waals surface area contributed by atoms with E-state index in [0.717, 1.165) is 50.8 Å². The molecule has 0 saturated carbocycles. The fourth-order valence-electron chi connectivity index (χ4n) is 3.25. The van der Waals surface area contributed by atoms with Gasteiger partial charge in [0.15, 0.2) is 0 Å². The zero-order valence-corrected chi connectivity index (χ0v) is 15.7. The van der Waals surface area contributed by atoms with E-state index < -0.39 is 0 Å². The third kappa shape index (κ3) is 5.35. The van der Waals surface area contributed by atoms with E-state index in [0.29, 0.717) is 0 Å². The second-order valence-electron chi connectivity index (χ2n) is 6.61. The van der Waals surface area contributed by atoms with Crippen LogP contribution < -0.4 is 9.47 Å². The van der Waals surface area contributed by atoms with Gasteiger partial charge in [0.1, 0.15) is 11.5 Å². The highest BCUT2D eigenvalue weighted by Gasteiger charge is 2.16. The fourth-order valence-corrected chi connectivity index (χ4v) is 3.25. The van der Waals surface area contributed by atoms with Crippen molar-refractivity contribution in [3.05, 3.63) is 65.7 Å². The number of piperazine rings is 1. The first-order valence-electron chi connectivity index (χ1n) is 9.15. The Kier molecular flexibility index (Phi) is 6.69. The summed E-state index contributed by atoms with van der Waals surface area (Å²) in [6.07, 6.45) is 4.47. The maximum atomic E-state index is 5.37. The van der Waals surface area contributed by atoms with E-state index in [4.69, 9.17) is 9.47 Å². The molecule has 2 aromatic carbocycles. The minimum atomic E-state index is 0.851. The number of methoxy groups -OCH3 is 2. The second-order valence-corrected chi connectivity index (χ2v) is 6.61. The third-order valence-corrected chi connectivity index (χ3v) is 4.76. The number of hydrogen-bond acceptors (Lipinski definition) is 4. The van der Waals surface area contributed by atoms with Crippen molar-refractivity contribution < 1.29 is 9.47 Å². The van der Waals surface area contributed by atoms with E-state index in [1.807, 2.05) is 6.07 Å². The number of ether oxygens (including phenoxy) is 2. The van der Waals surface area contributed by atoms with Gasteiger partial charge in [-0.05, 0) is 23.3 Å². The van der Waals surface area contributed by atoms with Crippen LogP contribution in [0.5, 0.6) is 11.5 Å². The Morgan fingerprint density at radius 3 is 2.08 bits per heavy atom. The molecule has 4 heteroatoms. The van der Waals surface area contributed by atoms with Crippen LogP contribution in [0.25, 0.3) is 6.08 Å². The van der Waals surface area contributed by atoms with Crippen molar-refractivity contribution in [2.45, 2.75) is 6.54 Å². The van der Waals surface area contributed by atoms with Crippen molar-refractivity contribution in [3.8, 4) is 11.5 Å². The molecule has 0 amide bonds. The number of hydrogen-bond donors (Lipinski definition) is 0. The minimum absolute atomic E-state index is 0.851. The SMILES string of the molecule is COc1cc(CN2CCN(C/C=C/c3ccccc3)CC2)cc(OC)c1. The molecule has 0 aliphatic carbocycles. The van der Waals surface area contributed by atoms with Crippen LogP contribution >= 0.6 is 0 Å². The molecular weight excluding hydrogens is 324 g/mol. The highest BCUT2D eigenvalue weighted by molar-refractivity contribution is 5.48. The van der Waals surface area contributed by atoms with E-state index in [9.17, 15) is 0 Å². The Hall–Kier alpha value is -2.30. The molecule has 1 fully saturated rings. The molecule has 138 valence electrons. The van der Waals surface area contributed by atoms with E-state index in [2.05, 4.69) is 64.4 Å². The highest BCUT2D eigenvalue weighted by atomic mass is 16.5. The topological polar surface area (TPSA) is 24.9 Å². The summed E-state index contributed by atoms with van der Waals surface area (Å²) in [5, 5.41) is 0. The number of rotatable bonds is 7. The predicted molar refractivity (Wildman–Crippen MR) is 107 cm³/mol. The molecule has 0 N–H and O–H groups in total. The summed E-state index contributed by atoms with van der Waals surface area (Å²) in [5.74, 6) is 1.70. The van der Waals surface area contributed by atoms with Crippen molar-refractivity contribution in [2.24, 2.45) is 0 Å². The lowest BCUT2D eigenvalue weighted by Crippen LogP contribution is -2.45. The van der Waals surface area contributed by atoms with Crippen LogP contribution in [0.3, 0.4) is 0 Å². The zero-order chi connectivity index (χ0) is 18.2. The zero-order valence-electron chi connectivity index (χ0n) is 15.7. The van der Waals surface area contributed by atoms with Gasteiger partial charge in [0, 0.05) is 45.3 Å². The van der Waals surface area contributed by atoms with Gasteiger partial charge in [0.25, 0.3) is 0 Å². The third-order valence-electron chi connectivity index (χ3n) is 4.76. The van der Waals surface area contributed by atoms with Crippen LogP contribution in [0.4, 0.5) is 0 Å². The Bertz CT molecular complexity index is 685. The smallest absolute Gasteiger partial charge is 0.122 e. The van der Waals surface area contributed by atoms with Gasteiger partial charge in [-0.2, -0.15) is 0 Å². The molecular formula is C22H28N2O2. The van der Waals surface area contributed by atoms with Gasteiger partial charge < -0.3 is 9.47 Å². The van der Waals surface area contributed by atoms with E-state index in [-0.39, 0.29) is 0 Å². The summed E-state index contributed by atoms with van der Waals surface area (Å²) < 4.78 is 10.7. The summed E-state index contributed by atoms with van der Waals surface area (Å²) in [7, 11) is 3.39. The normalized spacial score (nSPS) is 16.1. The van der Waals surface area contributed by atoms with Gasteiger partial charge in [-0.1, -0.05) is 42.5 Å². The molecule has 26 heavy (non-hydrogen) atoms. The van der Waals surface area contributed by atoms with E-state index in [1.165, 1.54) is 11.1 Å². The molecule has 0 unspecified atom stereocenters. The van der Waals surface area contributed by atoms with Gasteiger partial charge in [-0.25, -0.2) is 0 Å². The Balaban J connectivity index is 1.47. The molecule has 0 atom stereocenters. The van der Waals surface area contributed by atoms with Crippen molar-refractivity contribution in [2.75, 3.05) is 46.9 Å². The molecule has 1 saturated heterocycles. The van der Waals surface area contributed by atoms with Gasteiger partial charge in [-0.15, -0.1) is 0 Å². The molecule has 0 spiro atoms. The average Bonchev–Trinajstić information content (AvgIpc) is 2.70. The molecule has 1 heterocycles. The van der Waals surface area contributed by atoms with Crippen molar-refractivity contribution in [1.29, 1.82) is 0 Å². The first-order chi connectivity index (χ1) is 12.8. The van der Waals surface area contributed by atoms with Crippen LogP contribution in [-0.4, -0.2) is 56.7 Å². The number of benzene rings is 2. The molecule has 0 aromatic heterocycles. The molecule has 2 aromatic rings. The molecule has 3 rings (SSSR count). The van der Waals surface area contributed by atoms with Crippen molar-refractivity contribution >= 4 is 6.08 Å². The summed E-state index contributed by atoms with van der Waals surface area (Å²) >= 11 is 0. The first-order valence-corrected chi connectivity index (χ1v) is 9.15. The van der Waals surface area contributed by atoms with Crippen LogP contribution in [0.2, 0.25) is 0 Å². The number of nitrogens with zero attached hydrogens (tertiary/aromatic N) is 2. The molecule has 1 aliphatic rings. The lowest BCUT2D eigenvalue weighted by molar-refractivity contribution is 0.137. The van der Waals surface area contributed by atoms with Crippen LogP contribution in [-0.2, 0) is 6.54 Å². The predicted octanol–water partition coefficient (Wildman–Crippen LogP) is 3.53. The highest BCUT2D eigenvalue weighted by Crippen LogP contribution is 2.23. The standard InChI is InChI=1S/C22H28N2O2/c1-25-21-15-20(16-22(17-21)26-2)18-24-13-11-23(12-14-24)10-6-9-19-7-4-3-5-8-19/h3-9,15-17H,10-14,18H2,1-2H3/b9-6+. The first kappa shape index (κ1) is 18.5. The maximum Gasteiger partial charge on any atom is 0.122 e. The maximum absolute atomic E-state index is 5.37. The Morgan fingerprint density at radius 2 is 1.46 bits per heavy atom. The summed E-state index contributed by atoms with van der Waals surface area (Å²) in [4.78, 5) is 4.99. The molecule has 4 nitrogen and oxygen atoms in total. The summed E-state index contributed by atoms with van der Waals surface area (Å²) in [6, 6.07) is 16.6. The second kappa shape index (κ2) is 9.41. The van der Waals surface area contributed by atoms with Crippen molar-refractivity contribution in [3.63, 3.8) is 0 Å². The Morgan fingerprint density at radius 1 is 0.846 bits per heavy atom. The quantitative estimate of drug-likeness (QED) is 0.761. The monoisotopic (exact) mass is 352 g/mol. The molecule has 1 aliphatic heterocycles. The summed E-state index contributed by atoms with van der Waals surface area (Å²) in [5.41, 5.74) is 2.50. The largest absolute Gasteiger partial charge is 0.497 e. The van der Waals surface area contributed by atoms with Gasteiger partial charge in [0.05, 0.1) is 14.2 Å². The fraction of sp³-hybridized carbons (Fsp3) is 0.364. The van der Waals surface area contributed by atoms with E-state index >= 15 is 0 Å². The van der Waals surface area contributed by atoms with Gasteiger partial charge in [0.2, 0.25) is 0 Å². The van der Waals surface area contributed by atoms with Gasteiger partial charge in [-0.3, -0.25) is 9.80 Å². The Labute approximate surface area is 156 Å². The van der Waals surface area contributed by atoms with Crippen LogP contribution in [0.1, 0.15) is 11.1 Å². The van der Waals surface area contributed by atoms with E-state index in [1.54, 1.807) is 14.2 Å². The molecule has 0 radical (unpaired) electrons. The van der Waals surface area contributed by atoms with Crippen LogP contribution in [0.15, 0.2) is 54.6 Å². The molecule has 0 bridgehead atoms. The lowest BCUT2D eigenvalue weighted by atomic mass is 10.1. The minimum Gasteiger partial charge on any atom is -0.497 e. The average molecular weight is 352 g/mol. The van der Waals surface area contributed by atoms with Crippen molar-refractivity contribution in [1.82, 2.24) is 9.80 Å². The lowest BCUT2D eigenvalue weighted by Gasteiger charge is -2.34.